The zero-order valence-electron chi connectivity index (χ0n) is 12.0. The maximum Gasteiger partial charge on any atom is 0.243 e. The predicted molar refractivity (Wildman–Crippen MR) is 77.6 cm³/mol. The number of nitrogens with zero attached hydrogens (tertiary/aromatic N) is 1. The van der Waals surface area contributed by atoms with Crippen LogP contribution < -0.4 is 5.32 Å². The van der Waals surface area contributed by atoms with Crippen LogP contribution in [0.5, 0.6) is 0 Å². The number of hydrogen-bond acceptors (Lipinski definition) is 3. The van der Waals surface area contributed by atoms with Crippen LogP contribution in [0.4, 0.5) is 0 Å². The van der Waals surface area contributed by atoms with Crippen molar-refractivity contribution in [2.45, 2.75) is 52.2 Å². The molecule has 0 saturated carbocycles. The first-order valence-electron chi connectivity index (χ1n) is 7.14. The summed E-state index contributed by atoms with van der Waals surface area (Å²) in [6.45, 7) is 9.48. The quantitative estimate of drug-likeness (QED) is 0.851. The third-order valence-corrected chi connectivity index (χ3v) is 5.58. The third kappa shape index (κ3) is 2.55. The van der Waals surface area contributed by atoms with E-state index in [1.807, 2.05) is 18.7 Å². The molecule has 3 nitrogen and oxygen atoms in total. The second-order valence-corrected chi connectivity index (χ2v) is 7.36. The average molecular weight is 270 g/mol. The molecule has 4 heteroatoms. The van der Waals surface area contributed by atoms with Gasteiger partial charge >= 0.3 is 0 Å². The summed E-state index contributed by atoms with van der Waals surface area (Å²) >= 11 is 2.02. The van der Waals surface area contributed by atoms with Gasteiger partial charge in [-0.25, -0.2) is 0 Å². The molecule has 0 aromatic heterocycles. The van der Waals surface area contributed by atoms with Gasteiger partial charge in [0.15, 0.2) is 0 Å². The van der Waals surface area contributed by atoms with Crippen molar-refractivity contribution >= 4 is 17.7 Å². The molecular formula is C14H26N2OS. The van der Waals surface area contributed by atoms with Crippen molar-refractivity contribution in [2.75, 3.05) is 18.1 Å². The highest BCUT2D eigenvalue weighted by Gasteiger charge is 2.47. The summed E-state index contributed by atoms with van der Waals surface area (Å²) in [5.41, 5.74) is -0.347. The summed E-state index contributed by atoms with van der Waals surface area (Å²) in [4.78, 5) is 14.7. The van der Waals surface area contributed by atoms with Gasteiger partial charge in [-0.15, -0.1) is 0 Å². The zero-order chi connectivity index (χ0) is 13.3. The van der Waals surface area contributed by atoms with E-state index in [4.69, 9.17) is 0 Å². The lowest BCUT2D eigenvalue weighted by molar-refractivity contribution is -0.133. The molecular weight excluding hydrogens is 244 g/mol. The van der Waals surface area contributed by atoms with Crippen LogP contribution in [-0.4, -0.2) is 40.6 Å². The van der Waals surface area contributed by atoms with Crippen molar-refractivity contribution in [3.63, 3.8) is 0 Å². The lowest BCUT2D eigenvalue weighted by atomic mass is 9.99. The first-order valence-corrected chi connectivity index (χ1v) is 8.30. The van der Waals surface area contributed by atoms with Crippen molar-refractivity contribution in [3.8, 4) is 0 Å². The summed E-state index contributed by atoms with van der Waals surface area (Å²) < 4.78 is 0. The van der Waals surface area contributed by atoms with Crippen molar-refractivity contribution in [1.29, 1.82) is 0 Å². The van der Waals surface area contributed by atoms with Gasteiger partial charge in [-0.2, -0.15) is 11.8 Å². The molecule has 18 heavy (non-hydrogen) atoms. The van der Waals surface area contributed by atoms with Gasteiger partial charge < -0.3 is 4.90 Å². The van der Waals surface area contributed by atoms with Crippen LogP contribution in [-0.2, 0) is 4.79 Å². The Labute approximate surface area is 115 Å². The third-order valence-electron chi connectivity index (χ3n) is 4.35. The van der Waals surface area contributed by atoms with E-state index in [0.717, 1.165) is 13.0 Å². The molecule has 0 aromatic carbocycles. The SMILES string of the molecule is CCC1(C)NC(C(C)C)N(CC2CCSC2)C1=O. The molecule has 0 bridgehead atoms. The van der Waals surface area contributed by atoms with Crippen LogP contribution in [0.2, 0.25) is 0 Å². The first-order chi connectivity index (χ1) is 8.48. The molecule has 0 spiro atoms. The van der Waals surface area contributed by atoms with Gasteiger partial charge in [-0.1, -0.05) is 20.8 Å². The van der Waals surface area contributed by atoms with E-state index >= 15 is 0 Å². The Morgan fingerprint density at radius 2 is 2.28 bits per heavy atom. The van der Waals surface area contributed by atoms with Gasteiger partial charge in [0.05, 0.1) is 11.7 Å². The minimum atomic E-state index is -0.347. The zero-order valence-corrected chi connectivity index (χ0v) is 12.8. The van der Waals surface area contributed by atoms with E-state index in [1.165, 1.54) is 17.9 Å². The van der Waals surface area contributed by atoms with Gasteiger partial charge in [-0.3, -0.25) is 10.1 Å². The molecule has 104 valence electrons. The van der Waals surface area contributed by atoms with Crippen molar-refractivity contribution < 1.29 is 4.79 Å². The standard InChI is InChI=1S/C14H26N2OS/c1-5-14(4)13(17)16(12(15-14)10(2)3)8-11-6-7-18-9-11/h10-12,15H,5-9H2,1-4H3. The molecule has 2 aliphatic heterocycles. The Bertz CT molecular complexity index is 315. The van der Waals surface area contributed by atoms with Crippen LogP contribution in [0, 0.1) is 11.8 Å². The number of hydrogen-bond donors (Lipinski definition) is 1. The molecule has 2 fully saturated rings. The van der Waals surface area contributed by atoms with Crippen LogP contribution in [0.1, 0.15) is 40.5 Å². The molecule has 0 radical (unpaired) electrons. The van der Waals surface area contributed by atoms with Gasteiger partial charge in [0.2, 0.25) is 5.91 Å². The molecule has 2 aliphatic rings. The Kier molecular flexibility index (Phi) is 4.27. The normalized spacial score (nSPS) is 36.9. The highest BCUT2D eigenvalue weighted by molar-refractivity contribution is 7.99. The van der Waals surface area contributed by atoms with Crippen molar-refractivity contribution in [1.82, 2.24) is 10.2 Å². The molecule has 3 unspecified atom stereocenters. The highest BCUT2D eigenvalue weighted by Crippen LogP contribution is 2.31. The lowest BCUT2D eigenvalue weighted by Crippen LogP contribution is -2.45. The largest absolute Gasteiger partial charge is 0.325 e. The number of amides is 1. The Morgan fingerprint density at radius 3 is 2.78 bits per heavy atom. The Balaban J connectivity index is 2.11. The summed E-state index contributed by atoms with van der Waals surface area (Å²) in [5.74, 6) is 3.95. The van der Waals surface area contributed by atoms with Gasteiger partial charge in [0.1, 0.15) is 0 Å². The minimum Gasteiger partial charge on any atom is -0.325 e. The average Bonchev–Trinajstić information content (AvgIpc) is 2.92. The molecule has 2 rings (SSSR count). The fourth-order valence-corrected chi connectivity index (χ4v) is 4.16. The Morgan fingerprint density at radius 1 is 1.56 bits per heavy atom. The van der Waals surface area contributed by atoms with Crippen LogP contribution in [0.25, 0.3) is 0 Å². The molecule has 3 atom stereocenters. The van der Waals surface area contributed by atoms with Crippen molar-refractivity contribution in [3.05, 3.63) is 0 Å². The first kappa shape index (κ1) is 14.2. The highest BCUT2D eigenvalue weighted by atomic mass is 32.2. The molecule has 0 aliphatic carbocycles. The van der Waals surface area contributed by atoms with Crippen LogP contribution in [0.15, 0.2) is 0 Å². The molecule has 1 amide bonds. The number of rotatable bonds is 4. The van der Waals surface area contributed by atoms with Crippen molar-refractivity contribution in [2.24, 2.45) is 11.8 Å². The number of carbonyl (C=O) groups excluding carboxylic acids is 1. The van der Waals surface area contributed by atoms with E-state index in [9.17, 15) is 4.79 Å². The van der Waals surface area contributed by atoms with Gasteiger partial charge in [0.25, 0.3) is 0 Å². The maximum absolute atomic E-state index is 12.6. The summed E-state index contributed by atoms with van der Waals surface area (Å²) in [6.07, 6.45) is 2.35. The minimum absolute atomic E-state index is 0.216. The molecule has 2 heterocycles. The molecule has 0 aromatic rings. The summed E-state index contributed by atoms with van der Waals surface area (Å²) in [6, 6.07) is 0. The van der Waals surface area contributed by atoms with Crippen LogP contribution in [0.3, 0.4) is 0 Å². The topological polar surface area (TPSA) is 32.3 Å². The van der Waals surface area contributed by atoms with E-state index < -0.39 is 0 Å². The van der Waals surface area contributed by atoms with E-state index in [-0.39, 0.29) is 11.7 Å². The Hall–Kier alpha value is -0.220. The summed E-state index contributed by atoms with van der Waals surface area (Å²) in [7, 11) is 0. The number of thioether (sulfide) groups is 1. The number of nitrogens with one attached hydrogen (secondary N) is 1. The van der Waals surface area contributed by atoms with Gasteiger partial charge in [0, 0.05) is 6.54 Å². The van der Waals surface area contributed by atoms with E-state index in [1.54, 1.807) is 0 Å². The second-order valence-electron chi connectivity index (χ2n) is 6.21. The maximum atomic E-state index is 12.6. The van der Waals surface area contributed by atoms with E-state index in [0.29, 0.717) is 17.7 Å². The number of carbonyl (C=O) groups is 1. The summed E-state index contributed by atoms with van der Waals surface area (Å²) in [5, 5.41) is 3.56. The smallest absolute Gasteiger partial charge is 0.243 e. The lowest BCUT2D eigenvalue weighted by Gasteiger charge is -2.29. The van der Waals surface area contributed by atoms with Gasteiger partial charge in [-0.05, 0) is 43.1 Å². The van der Waals surface area contributed by atoms with Crippen LogP contribution >= 0.6 is 11.8 Å². The fourth-order valence-electron chi connectivity index (χ4n) is 2.89. The fraction of sp³-hybridized carbons (Fsp3) is 0.929. The predicted octanol–water partition coefficient (Wildman–Crippen LogP) is 2.32. The van der Waals surface area contributed by atoms with E-state index in [2.05, 4.69) is 31.0 Å². The second kappa shape index (κ2) is 5.41. The molecule has 1 N–H and O–H groups in total. The monoisotopic (exact) mass is 270 g/mol. The molecule has 2 saturated heterocycles.